The Morgan fingerprint density at radius 3 is 2.64 bits per heavy atom. The van der Waals surface area contributed by atoms with Crippen molar-refractivity contribution in [1.82, 2.24) is 5.32 Å². The Labute approximate surface area is 144 Å². The van der Waals surface area contributed by atoms with E-state index in [1.54, 1.807) is 45.2 Å². The van der Waals surface area contributed by atoms with Gasteiger partial charge in [-0.05, 0) is 19.9 Å². The van der Waals surface area contributed by atoms with E-state index in [-0.39, 0.29) is 17.0 Å². The molecule has 7 nitrogen and oxygen atoms in total. The molecule has 3 aliphatic heterocycles. The van der Waals surface area contributed by atoms with Crippen LogP contribution in [0, 0.1) is 11.3 Å². The Morgan fingerprint density at radius 2 is 1.96 bits per heavy atom. The number of nitrogens with zero attached hydrogens (tertiary/aromatic N) is 2. The normalized spacial score (nSPS) is 26.4. The highest BCUT2D eigenvalue weighted by Gasteiger charge is 2.64. The molecule has 3 N–H and O–H groups in total. The number of carbonyl (C=O) groups is 2. The minimum Gasteiger partial charge on any atom is -0.450 e. The van der Waals surface area contributed by atoms with Crippen molar-refractivity contribution in [2.24, 2.45) is 5.73 Å². The average molecular weight is 336 g/mol. The monoisotopic (exact) mass is 336 g/mol. The van der Waals surface area contributed by atoms with Crippen LogP contribution in [0.4, 0.5) is 5.69 Å². The zero-order valence-electron chi connectivity index (χ0n) is 14.0. The van der Waals surface area contributed by atoms with E-state index in [1.165, 1.54) is 4.90 Å². The van der Waals surface area contributed by atoms with E-state index in [1.807, 2.05) is 6.07 Å². The summed E-state index contributed by atoms with van der Waals surface area (Å²) in [7, 11) is 1.62. The van der Waals surface area contributed by atoms with Gasteiger partial charge in [-0.15, -0.1) is 0 Å². The maximum atomic E-state index is 13.4. The molecule has 1 amide bonds. The van der Waals surface area contributed by atoms with Crippen molar-refractivity contribution in [2.45, 2.75) is 24.9 Å². The number of ether oxygens (including phenoxy) is 1. The van der Waals surface area contributed by atoms with Crippen molar-refractivity contribution < 1.29 is 14.3 Å². The van der Waals surface area contributed by atoms with Crippen molar-refractivity contribution in [1.29, 1.82) is 5.26 Å². The van der Waals surface area contributed by atoms with E-state index in [0.717, 1.165) is 0 Å². The lowest BCUT2D eigenvalue weighted by Crippen LogP contribution is -2.49. The van der Waals surface area contributed by atoms with Crippen molar-refractivity contribution in [3.05, 3.63) is 52.5 Å². The number of hydrogen-bond donors (Lipinski definition) is 2. The molecule has 1 aromatic rings. The SMILES string of the molecule is CN1C(=O)[C@]2(C(C#N)=C(N)NC3=C2C(=O)OC3(C)C)c2ccccc21. The first-order chi connectivity index (χ1) is 11.8. The Bertz CT molecular complexity index is 967. The standard InChI is InChI=1S/C18H16N4O3/c1-17(2)13-12(15(23)25-17)18(10(8-19)14(20)21-13)9-6-4-5-7-11(9)22(3)16(18)24/h4-7,21H,20H2,1-3H3/t18-/m0/s1. The molecule has 3 heterocycles. The highest BCUT2D eigenvalue weighted by Crippen LogP contribution is 2.55. The van der Waals surface area contributed by atoms with Crippen molar-refractivity contribution in [3.8, 4) is 6.07 Å². The molecule has 0 radical (unpaired) electrons. The van der Waals surface area contributed by atoms with E-state index in [4.69, 9.17) is 10.5 Å². The molecule has 1 spiro atoms. The van der Waals surface area contributed by atoms with Gasteiger partial charge in [0.1, 0.15) is 22.9 Å². The van der Waals surface area contributed by atoms with E-state index < -0.39 is 22.9 Å². The molecule has 4 rings (SSSR count). The summed E-state index contributed by atoms with van der Waals surface area (Å²) in [6, 6.07) is 9.14. The average Bonchev–Trinajstić information content (AvgIpc) is 2.92. The number of rotatable bonds is 0. The minimum absolute atomic E-state index is 0.0164. The third-order valence-corrected chi connectivity index (χ3v) is 5.09. The first-order valence-electron chi connectivity index (χ1n) is 7.80. The Kier molecular flexibility index (Phi) is 2.70. The summed E-state index contributed by atoms with van der Waals surface area (Å²) in [6.45, 7) is 3.43. The zero-order chi connectivity index (χ0) is 18.1. The fourth-order valence-electron chi connectivity index (χ4n) is 4.00. The number of amides is 1. The maximum absolute atomic E-state index is 13.4. The van der Waals surface area contributed by atoms with E-state index >= 15 is 0 Å². The van der Waals surface area contributed by atoms with E-state index in [0.29, 0.717) is 16.9 Å². The Hall–Kier alpha value is -3.27. The largest absolute Gasteiger partial charge is 0.450 e. The summed E-state index contributed by atoms with van der Waals surface area (Å²) in [4.78, 5) is 27.6. The van der Waals surface area contributed by atoms with Gasteiger partial charge in [-0.1, -0.05) is 18.2 Å². The van der Waals surface area contributed by atoms with Gasteiger partial charge in [0.15, 0.2) is 0 Å². The van der Waals surface area contributed by atoms with Crippen LogP contribution >= 0.6 is 0 Å². The fraction of sp³-hybridized carbons (Fsp3) is 0.278. The number of likely N-dealkylation sites (N-methyl/N-ethyl adjacent to an activating group) is 1. The van der Waals surface area contributed by atoms with Crippen LogP contribution < -0.4 is 16.0 Å². The van der Waals surface area contributed by atoms with E-state index in [9.17, 15) is 14.9 Å². The lowest BCUT2D eigenvalue weighted by molar-refractivity contribution is -0.145. The van der Waals surface area contributed by atoms with Crippen LogP contribution in [0.1, 0.15) is 19.4 Å². The first-order valence-corrected chi connectivity index (χ1v) is 7.80. The lowest BCUT2D eigenvalue weighted by atomic mass is 9.67. The molecule has 0 saturated heterocycles. The number of dihydropyridines is 1. The molecule has 0 aromatic heterocycles. The number of fused-ring (bicyclic) bond motifs is 3. The number of esters is 1. The van der Waals surface area contributed by atoms with Gasteiger partial charge in [0.25, 0.3) is 0 Å². The van der Waals surface area contributed by atoms with Crippen LogP contribution in [0.25, 0.3) is 0 Å². The molecule has 0 saturated carbocycles. The second kappa shape index (κ2) is 4.42. The number of benzene rings is 1. The second-order valence-electron chi connectivity index (χ2n) is 6.81. The summed E-state index contributed by atoms with van der Waals surface area (Å²) < 4.78 is 5.48. The van der Waals surface area contributed by atoms with Crippen LogP contribution in [0.2, 0.25) is 0 Å². The highest BCUT2D eigenvalue weighted by molar-refractivity contribution is 6.19. The molecular weight excluding hydrogens is 320 g/mol. The highest BCUT2D eigenvalue weighted by atomic mass is 16.6. The number of para-hydroxylation sites is 1. The van der Waals surface area contributed by atoms with Crippen LogP contribution in [0.15, 0.2) is 46.9 Å². The Balaban J connectivity index is 2.17. The molecule has 3 aliphatic rings. The number of anilines is 1. The maximum Gasteiger partial charge on any atom is 0.338 e. The Morgan fingerprint density at radius 1 is 1.28 bits per heavy atom. The van der Waals surface area contributed by atoms with Gasteiger partial charge in [0, 0.05) is 18.3 Å². The quantitative estimate of drug-likeness (QED) is 0.678. The lowest BCUT2D eigenvalue weighted by Gasteiger charge is -2.34. The van der Waals surface area contributed by atoms with Crippen LogP contribution in [-0.2, 0) is 19.7 Å². The molecule has 1 atom stereocenters. The van der Waals surface area contributed by atoms with Gasteiger partial charge >= 0.3 is 5.97 Å². The first kappa shape index (κ1) is 15.3. The summed E-state index contributed by atoms with van der Waals surface area (Å²) in [5, 5.41) is 12.7. The molecule has 0 bridgehead atoms. The van der Waals surface area contributed by atoms with Gasteiger partial charge in [0.2, 0.25) is 5.91 Å². The van der Waals surface area contributed by atoms with Gasteiger partial charge in [-0.3, -0.25) is 4.79 Å². The van der Waals surface area contributed by atoms with Crippen LogP contribution in [0.3, 0.4) is 0 Å². The van der Waals surface area contributed by atoms with Crippen LogP contribution in [-0.4, -0.2) is 24.5 Å². The summed E-state index contributed by atoms with van der Waals surface area (Å²) in [5.41, 5.74) is 5.34. The molecule has 0 fully saturated rings. The minimum atomic E-state index is -1.57. The molecule has 0 aliphatic carbocycles. The smallest absolute Gasteiger partial charge is 0.338 e. The predicted octanol–water partition coefficient (Wildman–Crippen LogP) is 0.787. The van der Waals surface area contributed by atoms with Gasteiger partial charge in [0.05, 0.1) is 16.8 Å². The fourth-order valence-corrected chi connectivity index (χ4v) is 4.00. The van der Waals surface area contributed by atoms with Crippen LogP contribution in [0.5, 0.6) is 0 Å². The topological polar surface area (TPSA) is 108 Å². The third-order valence-electron chi connectivity index (χ3n) is 5.09. The summed E-state index contributed by atoms with van der Waals surface area (Å²) in [6.07, 6.45) is 0. The molecule has 126 valence electrons. The van der Waals surface area contributed by atoms with Gasteiger partial charge in [-0.2, -0.15) is 5.26 Å². The molecular formula is C18H16N4O3. The number of carbonyl (C=O) groups excluding carboxylic acids is 2. The summed E-state index contributed by atoms with van der Waals surface area (Å²) >= 11 is 0. The second-order valence-corrected chi connectivity index (χ2v) is 6.81. The molecule has 0 unspecified atom stereocenters. The number of hydrogen-bond acceptors (Lipinski definition) is 6. The van der Waals surface area contributed by atoms with Crippen molar-refractivity contribution in [2.75, 3.05) is 11.9 Å². The molecule has 1 aromatic carbocycles. The molecule has 7 heteroatoms. The third kappa shape index (κ3) is 1.54. The van der Waals surface area contributed by atoms with E-state index in [2.05, 4.69) is 5.32 Å². The zero-order valence-corrected chi connectivity index (χ0v) is 14.0. The van der Waals surface area contributed by atoms with Crippen molar-refractivity contribution >= 4 is 17.6 Å². The summed E-state index contributed by atoms with van der Waals surface area (Å²) in [5.74, 6) is -0.950. The predicted molar refractivity (Wildman–Crippen MR) is 88.7 cm³/mol. The number of nitriles is 1. The van der Waals surface area contributed by atoms with Gasteiger partial charge in [-0.25, -0.2) is 4.79 Å². The van der Waals surface area contributed by atoms with Gasteiger partial charge < -0.3 is 20.7 Å². The molecule has 25 heavy (non-hydrogen) atoms. The number of cyclic esters (lactones) is 1. The van der Waals surface area contributed by atoms with Crippen molar-refractivity contribution in [3.63, 3.8) is 0 Å². The number of nitrogens with two attached hydrogens (primary N) is 1. The number of nitrogens with one attached hydrogen (secondary N) is 1.